The minimum Gasteiger partial charge on any atom is -0.454 e. The molecule has 0 bridgehead atoms. The molecule has 1 aliphatic rings. The summed E-state index contributed by atoms with van der Waals surface area (Å²) in [6.07, 6.45) is 0.689. The van der Waals surface area contributed by atoms with Gasteiger partial charge < -0.3 is 25.6 Å². The highest BCUT2D eigenvalue weighted by Gasteiger charge is 2.20. The summed E-state index contributed by atoms with van der Waals surface area (Å²) in [4.78, 5) is 0. The first-order chi connectivity index (χ1) is 8.76. The molecule has 4 N–H and O–H groups in total. The van der Waals surface area contributed by atoms with E-state index < -0.39 is 0 Å². The molecule has 1 unspecified atom stereocenters. The van der Waals surface area contributed by atoms with E-state index in [4.69, 9.17) is 31.9 Å². The summed E-state index contributed by atoms with van der Waals surface area (Å²) in [7, 11) is 0. The standard InChI is InChI=1S/C12H17ClN2O3/c13-9-4-8(5-11-12(9)18-7-17-11)10(6-14)15-2-1-3-16/h4-5,10,15-16H,1-3,6-7,14H2. The molecule has 0 radical (unpaired) electrons. The van der Waals surface area contributed by atoms with Gasteiger partial charge in [-0.3, -0.25) is 0 Å². The molecule has 100 valence electrons. The number of ether oxygens (including phenoxy) is 2. The predicted octanol–water partition coefficient (Wildman–Crippen LogP) is 1.04. The van der Waals surface area contributed by atoms with Crippen LogP contribution < -0.4 is 20.5 Å². The zero-order chi connectivity index (χ0) is 13.0. The van der Waals surface area contributed by atoms with Crippen molar-refractivity contribution in [3.05, 3.63) is 22.7 Å². The number of fused-ring (bicyclic) bond motifs is 1. The Morgan fingerprint density at radius 1 is 1.44 bits per heavy atom. The van der Waals surface area contributed by atoms with Crippen molar-refractivity contribution < 1.29 is 14.6 Å². The molecule has 0 spiro atoms. The summed E-state index contributed by atoms with van der Waals surface area (Å²) >= 11 is 6.12. The molecule has 1 aliphatic heterocycles. The molecule has 0 fully saturated rings. The van der Waals surface area contributed by atoms with Crippen molar-refractivity contribution in [1.82, 2.24) is 5.32 Å². The number of aliphatic hydroxyl groups is 1. The largest absolute Gasteiger partial charge is 0.454 e. The maximum absolute atomic E-state index is 8.76. The van der Waals surface area contributed by atoms with E-state index in [1.807, 2.05) is 12.1 Å². The van der Waals surface area contributed by atoms with Crippen molar-refractivity contribution in [3.63, 3.8) is 0 Å². The lowest BCUT2D eigenvalue weighted by atomic mass is 10.1. The molecular formula is C12H17ClN2O3. The molecule has 1 heterocycles. The summed E-state index contributed by atoms with van der Waals surface area (Å²) in [5.41, 5.74) is 6.70. The highest BCUT2D eigenvalue weighted by molar-refractivity contribution is 6.32. The van der Waals surface area contributed by atoms with Crippen molar-refractivity contribution in [1.29, 1.82) is 0 Å². The molecule has 0 amide bonds. The van der Waals surface area contributed by atoms with Gasteiger partial charge in [-0.15, -0.1) is 0 Å². The van der Waals surface area contributed by atoms with Crippen LogP contribution >= 0.6 is 11.6 Å². The molecule has 0 saturated carbocycles. The number of halogens is 1. The molecule has 6 heteroatoms. The molecular weight excluding hydrogens is 256 g/mol. The van der Waals surface area contributed by atoms with Crippen molar-refractivity contribution in [2.45, 2.75) is 12.5 Å². The normalized spacial score (nSPS) is 14.8. The van der Waals surface area contributed by atoms with Crippen LogP contribution in [-0.2, 0) is 0 Å². The number of hydrogen-bond acceptors (Lipinski definition) is 5. The van der Waals surface area contributed by atoms with E-state index in [0.717, 1.165) is 5.56 Å². The zero-order valence-corrected chi connectivity index (χ0v) is 10.7. The van der Waals surface area contributed by atoms with Crippen LogP contribution in [0.15, 0.2) is 12.1 Å². The van der Waals surface area contributed by atoms with E-state index in [-0.39, 0.29) is 19.4 Å². The number of nitrogens with two attached hydrogens (primary N) is 1. The summed E-state index contributed by atoms with van der Waals surface area (Å²) in [5, 5.41) is 12.6. The third-order valence-electron chi connectivity index (χ3n) is 2.81. The van der Waals surface area contributed by atoms with Gasteiger partial charge in [0.15, 0.2) is 11.5 Å². The Morgan fingerprint density at radius 3 is 3.00 bits per heavy atom. The van der Waals surface area contributed by atoms with E-state index in [1.54, 1.807) is 0 Å². The number of rotatable bonds is 6. The molecule has 1 aromatic rings. The van der Waals surface area contributed by atoms with Crippen LogP contribution in [0.3, 0.4) is 0 Å². The van der Waals surface area contributed by atoms with Crippen LogP contribution in [0.2, 0.25) is 5.02 Å². The van der Waals surface area contributed by atoms with Gasteiger partial charge in [-0.2, -0.15) is 0 Å². The lowest BCUT2D eigenvalue weighted by molar-refractivity contribution is 0.174. The third-order valence-corrected chi connectivity index (χ3v) is 3.09. The minimum atomic E-state index is -0.0106. The Labute approximate surface area is 111 Å². The number of nitrogens with one attached hydrogen (secondary N) is 1. The summed E-state index contributed by atoms with van der Waals surface area (Å²) in [6.45, 7) is 1.50. The SMILES string of the molecule is NCC(NCCCO)c1cc(Cl)c2c(c1)OCO2. The smallest absolute Gasteiger partial charge is 0.231 e. The Kier molecular flexibility index (Phi) is 4.66. The molecule has 18 heavy (non-hydrogen) atoms. The lowest BCUT2D eigenvalue weighted by Gasteiger charge is -2.18. The predicted molar refractivity (Wildman–Crippen MR) is 69.1 cm³/mol. The molecule has 0 aliphatic carbocycles. The van der Waals surface area contributed by atoms with E-state index in [2.05, 4.69) is 5.32 Å². The van der Waals surface area contributed by atoms with Crippen molar-refractivity contribution in [2.75, 3.05) is 26.5 Å². The molecule has 2 rings (SSSR count). The van der Waals surface area contributed by atoms with E-state index in [1.165, 1.54) is 0 Å². The minimum absolute atomic E-state index is 0.0106. The average molecular weight is 273 g/mol. The van der Waals surface area contributed by atoms with Gasteiger partial charge in [-0.1, -0.05) is 11.6 Å². The van der Waals surface area contributed by atoms with Crippen molar-refractivity contribution in [3.8, 4) is 11.5 Å². The second-order valence-electron chi connectivity index (χ2n) is 4.06. The molecule has 0 saturated heterocycles. The van der Waals surface area contributed by atoms with Crippen LogP contribution in [-0.4, -0.2) is 31.6 Å². The second kappa shape index (κ2) is 6.24. The first-order valence-electron chi connectivity index (χ1n) is 5.89. The van der Waals surface area contributed by atoms with Crippen molar-refractivity contribution in [2.24, 2.45) is 5.73 Å². The maximum Gasteiger partial charge on any atom is 0.231 e. The first-order valence-corrected chi connectivity index (χ1v) is 6.27. The van der Waals surface area contributed by atoms with Crippen molar-refractivity contribution >= 4 is 11.6 Å². The Hall–Kier alpha value is -1.01. The van der Waals surface area contributed by atoms with Gasteiger partial charge in [0.1, 0.15) is 0 Å². The highest BCUT2D eigenvalue weighted by Crippen LogP contribution is 2.40. The molecule has 1 atom stereocenters. The quantitative estimate of drug-likeness (QED) is 0.675. The summed E-state index contributed by atoms with van der Waals surface area (Å²) in [5.74, 6) is 1.24. The van der Waals surface area contributed by atoms with E-state index in [0.29, 0.717) is 36.0 Å². The highest BCUT2D eigenvalue weighted by atomic mass is 35.5. The number of aliphatic hydroxyl groups excluding tert-OH is 1. The van der Waals surface area contributed by atoms with Crippen LogP contribution in [0.25, 0.3) is 0 Å². The summed E-state index contributed by atoms with van der Waals surface area (Å²) < 4.78 is 10.6. The molecule has 0 aromatic heterocycles. The zero-order valence-electron chi connectivity index (χ0n) is 9.99. The van der Waals surface area contributed by atoms with Gasteiger partial charge in [0.25, 0.3) is 0 Å². The monoisotopic (exact) mass is 272 g/mol. The molecule has 1 aromatic carbocycles. The average Bonchev–Trinajstić information content (AvgIpc) is 2.83. The Morgan fingerprint density at radius 2 is 2.28 bits per heavy atom. The van der Waals surface area contributed by atoms with Gasteiger partial charge in [0.05, 0.1) is 5.02 Å². The van der Waals surface area contributed by atoms with Gasteiger partial charge in [0, 0.05) is 19.2 Å². The fourth-order valence-corrected chi connectivity index (χ4v) is 2.15. The van der Waals surface area contributed by atoms with Gasteiger partial charge >= 0.3 is 0 Å². The number of benzene rings is 1. The Balaban J connectivity index is 2.13. The van der Waals surface area contributed by atoms with Crippen LogP contribution in [0.4, 0.5) is 0 Å². The van der Waals surface area contributed by atoms with Crippen LogP contribution in [0, 0.1) is 0 Å². The second-order valence-corrected chi connectivity index (χ2v) is 4.46. The third kappa shape index (κ3) is 2.87. The van der Waals surface area contributed by atoms with E-state index in [9.17, 15) is 0 Å². The fourth-order valence-electron chi connectivity index (χ4n) is 1.88. The summed E-state index contributed by atoms with van der Waals surface area (Å²) in [6, 6.07) is 3.71. The number of hydrogen-bond donors (Lipinski definition) is 3. The topological polar surface area (TPSA) is 76.7 Å². The maximum atomic E-state index is 8.76. The van der Waals surface area contributed by atoms with Gasteiger partial charge in [-0.25, -0.2) is 0 Å². The fraction of sp³-hybridized carbons (Fsp3) is 0.500. The Bertz CT molecular complexity index is 415. The van der Waals surface area contributed by atoms with Gasteiger partial charge in [0.2, 0.25) is 6.79 Å². The molecule has 5 nitrogen and oxygen atoms in total. The van der Waals surface area contributed by atoms with Crippen LogP contribution in [0.1, 0.15) is 18.0 Å². The lowest BCUT2D eigenvalue weighted by Crippen LogP contribution is -2.29. The van der Waals surface area contributed by atoms with Crippen LogP contribution in [0.5, 0.6) is 11.5 Å². The van der Waals surface area contributed by atoms with Gasteiger partial charge in [-0.05, 0) is 30.7 Å². The van der Waals surface area contributed by atoms with E-state index >= 15 is 0 Å². The first kappa shape index (κ1) is 13.4.